The Bertz CT molecular complexity index is 432. The molecule has 1 aliphatic carbocycles. The molecule has 5 nitrogen and oxygen atoms in total. The molecule has 1 heterocycles. The van der Waals surface area contributed by atoms with Crippen molar-refractivity contribution in [2.24, 2.45) is 5.41 Å². The molecule has 92 valence electrons. The Kier molecular flexibility index (Phi) is 2.63. The second kappa shape index (κ2) is 3.74. The van der Waals surface area contributed by atoms with Crippen LogP contribution in [0.25, 0.3) is 0 Å². The molecular formula is C12H15NO4. The maximum Gasteiger partial charge on any atom is 0.469 e. The lowest BCUT2D eigenvalue weighted by molar-refractivity contribution is -0.286. The van der Waals surface area contributed by atoms with Gasteiger partial charge in [0, 0.05) is 12.8 Å². The van der Waals surface area contributed by atoms with Gasteiger partial charge in [-0.05, 0) is 12.3 Å². The normalized spacial score (nSPS) is 30.4. The van der Waals surface area contributed by atoms with Crippen LogP contribution in [0, 0.1) is 16.7 Å². The zero-order valence-electron chi connectivity index (χ0n) is 10.2. The molecule has 0 N–H and O–H groups in total. The Morgan fingerprint density at radius 1 is 1.41 bits per heavy atom. The van der Waals surface area contributed by atoms with Crippen molar-refractivity contribution >= 4 is 5.78 Å². The van der Waals surface area contributed by atoms with Crippen LogP contribution >= 0.6 is 0 Å². The average Bonchev–Trinajstić information content (AvgIpc) is 2.56. The Morgan fingerprint density at radius 2 is 2.12 bits per heavy atom. The van der Waals surface area contributed by atoms with Crippen LogP contribution in [0.4, 0.5) is 0 Å². The zero-order valence-corrected chi connectivity index (χ0v) is 10.2. The Hall–Kier alpha value is -1.54. The van der Waals surface area contributed by atoms with Gasteiger partial charge in [0.1, 0.15) is 0 Å². The molecule has 0 amide bonds. The number of hydrogen-bond donors (Lipinski definition) is 0. The second-order valence-electron chi connectivity index (χ2n) is 5.00. The third kappa shape index (κ3) is 2.01. The summed E-state index contributed by atoms with van der Waals surface area (Å²) < 4.78 is 15.8. The largest absolute Gasteiger partial charge is 0.469 e. The summed E-state index contributed by atoms with van der Waals surface area (Å²) in [6.45, 7) is 5.96. The molecule has 0 aromatic carbocycles. The van der Waals surface area contributed by atoms with Crippen LogP contribution in [0.2, 0.25) is 0 Å². The molecule has 2 aliphatic rings. The Morgan fingerprint density at radius 3 is 2.71 bits per heavy atom. The number of ketones is 1. The monoisotopic (exact) mass is 237 g/mol. The average molecular weight is 237 g/mol. The van der Waals surface area contributed by atoms with Crippen molar-refractivity contribution in [1.29, 1.82) is 5.26 Å². The molecule has 0 saturated heterocycles. The number of hydrogen-bond acceptors (Lipinski definition) is 5. The lowest BCUT2D eigenvalue weighted by Gasteiger charge is -2.26. The predicted molar refractivity (Wildman–Crippen MR) is 57.2 cm³/mol. The van der Waals surface area contributed by atoms with Crippen molar-refractivity contribution in [3.63, 3.8) is 0 Å². The summed E-state index contributed by atoms with van der Waals surface area (Å²) in [6.07, 6.45) is 0.966. The summed E-state index contributed by atoms with van der Waals surface area (Å²) >= 11 is 0. The Balaban J connectivity index is 2.26. The number of carbonyl (C=O) groups excluding carboxylic acids is 1. The highest BCUT2D eigenvalue weighted by Gasteiger charge is 2.51. The molecule has 5 heteroatoms. The van der Waals surface area contributed by atoms with Gasteiger partial charge in [-0.15, -0.1) is 0 Å². The number of nitrogens with zero attached hydrogens (tertiary/aromatic N) is 1. The van der Waals surface area contributed by atoms with Crippen LogP contribution in [0.1, 0.15) is 33.6 Å². The van der Waals surface area contributed by atoms with Gasteiger partial charge in [0.15, 0.2) is 11.8 Å². The van der Waals surface area contributed by atoms with E-state index in [4.69, 9.17) is 19.5 Å². The minimum atomic E-state index is -1.77. The molecule has 0 saturated carbocycles. The maximum absolute atomic E-state index is 11.9. The van der Waals surface area contributed by atoms with Crippen molar-refractivity contribution in [2.45, 2.75) is 39.6 Å². The lowest BCUT2D eigenvalue weighted by atomic mass is 9.79. The van der Waals surface area contributed by atoms with Gasteiger partial charge >= 0.3 is 5.97 Å². The summed E-state index contributed by atoms with van der Waals surface area (Å²) in [5.74, 6) is -1.32. The fraction of sp³-hybridized carbons (Fsp3) is 0.667. The highest BCUT2D eigenvalue weighted by Crippen LogP contribution is 2.44. The number of nitriles is 1. The molecule has 0 aromatic rings. The van der Waals surface area contributed by atoms with Gasteiger partial charge in [-0.25, -0.2) is 0 Å². The van der Waals surface area contributed by atoms with Gasteiger partial charge in [-0.1, -0.05) is 13.8 Å². The third-order valence-electron chi connectivity index (χ3n) is 2.75. The molecule has 0 spiro atoms. The van der Waals surface area contributed by atoms with Crippen molar-refractivity contribution in [3.05, 3.63) is 11.5 Å². The highest BCUT2D eigenvalue weighted by atomic mass is 16.9. The van der Waals surface area contributed by atoms with E-state index >= 15 is 0 Å². The van der Waals surface area contributed by atoms with Gasteiger partial charge in [-0.2, -0.15) is 5.26 Å². The quantitative estimate of drug-likeness (QED) is 0.733. The van der Waals surface area contributed by atoms with E-state index in [1.165, 1.54) is 0 Å². The zero-order chi connectivity index (χ0) is 12.7. The van der Waals surface area contributed by atoms with Gasteiger partial charge in [0.25, 0.3) is 0 Å². The van der Waals surface area contributed by atoms with Crippen LogP contribution in [0.3, 0.4) is 0 Å². The fourth-order valence-electron chi connectivity index (χ4n) is 2.09. The van der Waals surface area contributed by atoms with Crippen molar-refractivity contribution in [3.8, 4) is 6.07 Å². The molecular weight excluding hydrogens is 222 g/mol. The molecule has 1 unspecified atom stereocenters. The number of Topliss-reactive ketones (excluding diaryl/α,β-unsaturated/α-hetero) is 1. The second-order valence-corrected chi connectivity index (χ2v) is 5.00. The molecule has 2 rings (SSSR count). The van der Waals surface area contributed by atoms with Crippen molar-refractivity contribution < 1.29 is 19.0 Å². The summed E-state index contributed by atoms with van der Waals surface area (Å²) in [4.78, 5) is 11.9. The van der Waals surface area contributed by atoms with Gasteiger partial charge in [0.2, 0.25) is 11.5 Å². The van der Waals surface area contributed by atoms with E-state index in [2.05, 4.69) is 0 Å². The van der Waals surface area contributed by atoms with Crippen LogP contribution in [-0.2, 0) is 19.0 Å². The smallest absolute Gasteiger partial charge is 0.419 e. The standard InChI is InChI=1S/C12H15NO4/c1-4-15-12(7-13)16-9-6-11(2,3)5-8(14)10(9)17-12/h4-6H2,1-3H3. The topological polar surface area (TPSA) is 68.6 Å². The first-order valence-corrected chi connectivity index (χ1v) is 5.61. The van der Waals surface area contributed by atoms with E-state index < -0.39 is 5.97 Å². The summed E-state index contributed by atoms with van der Waals surface area (Å²) in [7, 11) is 0. The first-order valence-electron chi connectivity index (χ1n) is 5.61. The van der Waals surface area contributed by atoms with Crippen molar-refractivity contribution in [1.82, 2.24) is 0 Å². The number of carbonyl (C=O) groups is 1. The first kappa shape index (κ1) is 11.9. The molecule has 0 bridgehead atoms. The fourth-order valence-corrected chi connectivity index (χ4v) is 2.09. The Labute approximate surface area is 99.9 Å². The summed E-state index contributed by atoms with van der Waals surface area (Å²) in [5, 5.41) is 9.05. The van der Waals surface area contributed by atoms with Crippen molar-refractivity contribution in [2.75, 3.05) is 6.61 Å². The molecule has 17 heavy (non-hydrogen) atoms. The first-order chi connectivity index (χ1) is 7.91. The lowest BCUT2D eigenvalue weighted by Crippen LogP contribution is -2.33. The van der Waals surface area contributed by atoms with E-state index in [0.717, 1.165) is 0 Å². The molecule has 0 aromatic heterocycles. The van der Waals surface area contributed by atoms with E-state index in [9.17, 15) is 4.79 Å². The molecule has 0 radical (unpaired) electrons. The minimum Gasteiger partial charge on any atom is -0.419 e. The molecule has 0 fully saturated rings. The van der Waals surface area contributed by atoms with Crippen LogP contribution in [-0.4, -0.2) is 18.4 Å². The van der Waals surface area contributed by atoms with Crippen LogP contribution < -0.4 is 0 Å². The summed E-state index contributed by atoms with van der Waals surface area (Å²) in [5.41, 5.74) is -0.170. The number of ether oxygens (including phenoxy) is 3. The minimum absolute atomic E-state index is 0.131. The van der Waals surface area contributed by atoms with Crippen LogP contribution in [0.5, 0.6) is 0 Å². The summed E-state index contributed by atoms with van der Waals surface area (Å²) in [6, 6.07) is 1.82. The van der Waals surface area contributed by atoms with Gasteiger partial charge < -0.3 is 9.47 Å². The SMILES string of the molecule is CCOC1(C#N)OC2=C(O1)C(=O)CC(C)(C)C2. The van der Waals surface area contributed by atoms with Gasteiger partial charge in [-0.3, -0.25) is 9.53 Å². The number of allylic oxidation sites excluding steroid dienone is 2. The highest BCUT2D eigenvalue weighted by molar-refractivity contribution is 5.95. The number of rotatable bonds is 2. The molecule has 1 atom stereocenters. The van der Waals surface area contributed by atoms with Gasteiger partial charge in [0.05, 0.1) is 6.61 Å². The third-order valence-corrected chi connectivity index (χ3v) is 2.75. The maximum atomic E-state index is 11.9. The van der Waals surface area contributed by atoms with E-state index in [-0.39, 0.29) is 23.6 Å². The van der Waals surface area contributed by atoms with Crippen LogP contribution in [0.15, 0.2) is 11.5 Å². The van der Waals surface area contributed by atoms with E-state index in [0.29, 0.717) is 18.6 Å². The van der Waals surface area contributed by atoms with E-state index in [1.54, 1.807) is 6.92 Å². The van der Waals surface area contributed by atoms with E-state index in [1.807, 2.05) is 19.9 Å². The predicted octanol–water partition coefficient (Wildman–Crippen LogP) is 1.85. The molecule has 1 aliphatic heterocycles.